The summed E-state index contributed by atoms with van der Waals surface area (Å²) < 4.78 is 0. The van der Waals surface area contributed by atoms with Gasteiger partial charge < -0.3 is 0 Å². The number of hydroxylamine groups is 1. The molecule has 0 radical (unpaired) electrons. The lowest BCUT2D eigenvalue weighted by Gasteiger charge is -2.35. The van der Waals surface area contributed by atoms with Crippen molar-refractivity contribution >= 4 is 5.91 Å². The summed E-state index contributed by atoms with van der Waals surface area (Å²) in [5.74, 6) is -0.327. The summed E-state index contributed by atoms with van der Waals surface area (Å²) in [7, 11) is 0. The average Bonchev–Trinajstić information content (AvgIpc) is 2.71. The van der Waals surface area contributed by atoms with Crippen LogP contribution >= 0.6 is 0 Å². The van der Waals surface area contributed by atoms with Crippen LogP contribution < -0.4 is 5.48 Å². The smallest absolute Gasteiger partial charge is 0.243 e. The number of hydrogen-bond donors (Lipinski definition) is 2. The third kappa shape index (κ3) is 5.14. The zero-order chi connectivity index (χ0) is 19.9. The largest absolute Gasteiger partial charge is 0.289 e. The SMILES string of the molecule is Cc1cnc(CN(CCCCC(=O)NO)[C@H]2CCCc3cccnc32)c(C)c1. The van der Waals surface area contributed by atoms with E-state index < -0.39 is 0 Å². The molecule has 1 aliphatic carbocycles. The number of nitrogens with zero attached hydrogens (tertiary/aromatic N) is 3. The Kier molecular flexibility index (Phi) is 7.12. The number of pyridine rings is 2. The van der Waals surface area contributed by atoms with Crippen molar-refractivity contribution in [2.24, 2.45) is 0 Å². The number of aromatic nitrogens is 2. The maximum Gasteiger partial charge on any atom is 0.243 e. The molecule has 0 saturated carbocycles. The van der Waals surface area contributed by atoms with Crippen LogP contribution in [0.3, 0.4) is 0 Å². The molecule has 6 nitrogen and oxygen atoms in total. The molecule has 2 heterocycles. The standard InChI is InChI=1S/C22H30N4O2/c1-16-13-17(2)19(24-14-16)15-26(12-4-3-10-21(27)25-28)20-9-5-7-18-8-6-11-23-22(18)20/h6,8,11,13-14,20,28H,3-5,7,9-10,12,15H2,1-2H3,(H,25,27)/t20-/m0/s1. The number of carbonyl (C=O) groups excluding carboxylic acids is 1. The first-order chi connectivity index (χ1) is 13.6. The van der Waals surface area contributed by atoms with Gasteiger partial charge in [-0.3, -0.25) is 24.9 Å². The first-order valence-electron chi connectivity index (χ1n) is 10.1. The van der Waals surface area contributed by atoms with Gasteiger partial charge in [-0.25, -0.2) is 5.48 Å². The summed E-state index contributed by atoms with van der Waals surface area (Å²) in [5, 5.41) is 8.68. The average molecular weight is 383 g/mol. The summed E-state index contributed by atoms with van der Waals surface area (Å²) in [6.45, 7) is 5.83. The molecule has 0 spiro atoms. The first kappa shape index (κ1) is 20.4. The topological polar surface area (TPSA) is 78.4 Å². The van der Waals surface area contributed by atoms with Gasteiger partial charge in [-0.05, 0) is 75.3 Å². The van der Waals surface area contributed by atoms with E-state index in [1.165, 1.54) is 22.4 Å². The predicted octanol–water partition coefficient (Wildman–Crippen LogP) is 3.65. The lowest BCUT2D eigenvalue weighted by atomic mass is 9.90. The van der Waals surface area contributed by atoms with Gasteiger partial charge in [0.15, 0.2) is 0 Å². The van der Waals surface area contributed by atoms with Gasteiger partial charge in [0.1, 0.15) is 0 Å². The van der Waals surface area contributed by atoms with Gasteiger partial charge >= 0.3 is 0 Å². The van der Waals surface area contributed by atoms with E-state index >= 15 is 0 Å². The Labute approximate surface area is 167 Å². The minimum absolute atomic E-state index is 0.277. The lowest BCUT2D eigenvalue weighted by Crippen LogP contribution is -2.33. The number of amides is 1. The van der Waals surface area contributed by atoms with Crippen LogP contribution in [0.5, 0.6) is 0 Å². The van der Waals surface area contributed by atoms with Crippen molar-refractivity contribution in [2.45, 2.75) is 65.0 Å². The Bertz CT molecular complexity index is 809. The van der Waals surface area contributed by atoms with Crippen molar-refractivity contribution in [1.29, 1.82) is 0 Å². The van der Waals surface area contributed by atoms with Crippen LogP contribution in [0.15, 0.2) is 30.6 Å². The molecule has 0 aliphatic heterocycles. The third-order valence-corrected chi connectivity index (χ3v) is 5.51. The fourth-order valence-electron chi connectivity index (χ4n) is 4.04. The molecule has 0 fully saturated rings. The van der Waals surface area contributed by atoms with Gasteiger partial charge in [0.2, 0.25) is 5.91 Å². The van der Waals surface area contributed by atoms with E-state index in [-0.39, 0.29) is 11.9 Å². The monoisotopic (exact) mass is 382 g/mol. The molecule has 3 rings (SSSR count). The van der Waals surface area contributed by atoms with Gasteiger partial charge in [-0.1, -0.05) is 12.1 Å². The molecule has 2 aromatic heterocycles. The molecule has 1 atom stereocenters. The van der Waals surface area contributed by atoms with Crippen molar-refractivity contribution in [1.82, 2.24) is 20.3 Å². The maximum absolute atomic E-state index is 11.3. The number of carbonyl (C=O) groups is 1. The van der Waals surface area contributed by atoms with E-state index in [9.17, 15) is 4.79 Å². The van der Waals surface area contributed by atoms with Gasteiger partial charge in [0.25, 0.3) is 0 Å². The molecular formula is C22H30N4O2. The Morgan fingerprint density at radius 2 is 2.18 bits per heavy atom. The molecule has 0 bridgehead atoms. The van der Waals surface area contributed by atoms with Gasteiger partial charge in [0.05, 0.1) is 17.4 Å². The second-order valence-corrected chi connectivity index (χ2v) is 7.69. The number of nitrogens with one attached hydrogen (secondary N) is 1. The van der Waals surface area contributed by atoms with E-state index in [1.54, 1.807) is 5.48 Å². The number of hydrogen-bond acceptors (Lipinski definition) is 5. The van der Waals surface area contributed by atoms with E-state index in [2.05, 4.69) is 35.9 Å². The summed E-state index contributed by atoms with van der Waals surface area (Å²) >= 11 is 0. The number of unbranched alkanes of at least 4 members (excludes halogenated alkanes) is 1. The molecule has 28 heavy (non-hydrogen) atoms. The van der Waals surface area contributed by atoms with Crippen LogP contribution in [0, 0.1) is 13.8 Å². The highest BCUT2D eigenvalue weighted by Gasteiger charge is 2.27. The lowest BCUT2D eigenvalue weighted by molar-refractivity contribution is -0.129. The van der Waals surface area contributed by atoms with Crippen molar-refractivity contribution in [3.05, 3.63) is 58.7 Å². The quantitative estimate of drug-likeness (QED) is 0.414. The number of fused-ring (bicyclic) bond motifs is 1. The van der Waals surface area contributed by atoms with Gasteiger partial charge in [0, 0.05) is 25.4 Å². The highest BCUT2D eigenvalue weighted by atomic mass is 16.5. The molecule has 2 N–H and O–H groups in total. The normalized spacial score (nSPS) is 16.1. The van der Waals surface area contributed by atoms with Crippen molar-refractivity contribution in [3.63, 3.8) is 0 Å². The van der Waals surface area contributed by atoms with Crippen molar-refractivity contribution in [2.75, 3.05) is 6.54 Å². The summed E-state index contributed by atoms with van der Waals surface area (Å²) in [6, 6.07) is 6.66. The fraction of sp³-hybridized carbons (Fsp3) is 0.500. The Balaban J connectivity index is 1.77. The first-order valence-corrected chi connectivity index (χ1v) is 10.1. The highest BCUT2D eigenvalue weighted by molar-refractivity contribution is 5.74. The van der Waals surface area contributed by atoms with Crippen LogP contribution in [0.4, 0.5) is 0 Å². The zero-order valence-electron chi connectivity index (χ0n) is 16.8. The molecule has 150 valence electrons. The second-order valence-electron chi connectivity index (χ2n) is 7.69. The summed E-state index contributed by atoms with van der Waals surface area (Å²) in [4.78, 5) is 23.1. The van der Waals surface area contributed by atoms with Crippen molar-refractivity contribution < 1.29 is 10.0 Å². The zero-order valence-corrected chi connectivity index (χ0v) is 16.8. The van der Waals surface area contributed by atoms with Crippen LogP contribution in [0.2, 0.25) is 0 Å². The van der Waals surface area contributed by atoms with Crippen molar-refractivity contribution in [3.8, 4) is 0 Å². The van der Waals surface area contributed by atoms with Gasteiger partial charge in [-0.15, -0.1) is 0 Å². The van der Waals surface area contributed by atoms with E-state index in [4.69, 9.17) is 10.2 Å². The molecule has 0 unspecified atom stereocenters. The van der Waals surface area contributed by atoms with E-state index in [0.29, 0.717) is 6.42 Å². The summed E-state index contributed by atoms with van der Waals surface area (Å²) in [5.41, 5.74) is 7.72. The van der Waals surface area contributed by atoms with E-state index in [1.807, 2.05) is 18.5 Å². The predicted molar refractivity (Wildman–Crippen MR) is 108 cm³/mol. The minimum atomic E-state index is -0.327. The second kappa shape index (κ2) is 9.75. The molecule has 1 aliphatic rings. The Morgan fingerprint density at radius 3 is 2.96 bits per heavy atom. The van der Waals surface area contributed by atoms with Gasteiger partial charge in [-0.2, -0.15) is 0 Å². The fourth-order valence-corrected chi connectivity index (χ4v) is 4.04. The van der Waals surface area contributed by atoms with E-state index in [0.717, 1.165) is 50.9 Å². The molecule has 1 amide bonds. The molecular weight excluding hydrogens is 352 g/mol. The van der Waals surface area contributed by atoms with Crippen LogP contribution in [-0.2, 0) is 17.8 Å². The maximum atomic E-state index is 11.3. The van der Waals surface area contributed by atoms with Crippen LogP contribution in [0.25, 0.3) is 0 Å². The molecule has 2 aromatic rings. The molecule has 0 saturated heterocycles. The Morgan fingerprint density at radius 1 is 1.32 bits per heavy atom. The number of rotatable bonds is 8. The van der Waals surface area contributed by atoms with Crippen LogP contribution in [0.1, 0.15) is 66.2 Å². The Hall–Kier alpha value is -2.31. The summed E-state index contributed by atoms with van der Waals surface area (Å²) in [6.07, 6.45) is 9.12. The minimum Gasteiger partial charge on any atom is -0.289 e. The number of aryl methyl sites for hydroxylation is 3. The van der Waals surface area contributed by atoms with Crippen LogP contribution in [-0.4, -0.2) is 32.5 Å². The molecule has 0 aromatic carbocycles. The molecule has 6 heteroatoms. The highest BCUT2D eigenvalue weighted by Crippen LogP contribution is 2.34. The third-order valence-electron chi connectivity index (χ3n) is 5.51.